The molecule has 2 heterocycles. The Hall–Kier alpha value is -2.26. The van der Waals surface area contributed by atoms with E-state index >= 15 is 0 Å². The van der Waals surface area contributed by atoms with Gasteiger partial charge in [0.15, 0.2) is 16.7 Å². The van der Waals surface area contributed by atoms with Gasteiger partial charge in [-0.05, 0) is 46.0 Å². The first-order valence-corrected chi connectivity index (χ1v) is 12.0. The zero-order chi connectivity index (χ0) is 22.4. The van der Waals surface area contributed by atoms with E-state index in [1.807, 2.05) is 13.8 Å². The second-order valence-electron chi connectivity index (χ2n) is 7.31. The minimum atomic E-state index is -0.111. The molecule has 9 heteroatoms. The van der Waals surface area contributed by atoms with Gasteiger partial charge in [0.25, 0.3) is 5.56 Å². The van der Waals surface area contributed by atoms with E-state index in [0.29, 0.717) is 47.2 Å². The third-order valence-electron chi connectivity index (χ3n) is 5.60. The van der Waals surface area contributed by atoms with Crippen molar-refractivity contribution in [2.75, 3.05) is 45.3 Å². The van der Waals surface area contributed by atoms with E-state index in [1.54, 1.807) is 21.6 Å². The van der Waals surface area contributed by atoms with Crippen LogP contribution in [0.4, 0.5) is 0 Å². The Labute approximate surface area is 187 Å². The van der Waals surface area contributed by atoms with Gasteiger partial charge in [-0.2, -0.15) is 0 Å². The van der Waals surface area contributed by atoms with Crippen LogP contribution in [-0.4, -0.2) is 70.5 Å². The predicted octanol–water partition coefficient (Wildman–Crippen LogP) is 2.82. The number of hydrogen-bond acceptors (Lipinski definition) is 7. The molecule has 8 nitrogen and oxygen atoms in total. The number of carbonyl (C=O) groups excluding carboxylic acids is 1. The van der Waals surface area contributed by atoms with Gasteiger partial charge in [0.2, 0.25) is 12.7 Å². The van der Waals surface area contributed by atoms with Crippen LogP contribution in [0.2, 0.25) is 0 Å². The van der Waals surface area contributed by atoms with Crippen LogP contribution < -0.4 is 15.0 Å². The lowest BCUT2D eigenvalue weighted by atomic mass is 10.2. The second kappa shape index (κ2) is 10.9. The molecule has 31 heavy (non-hydrogen) atoms. The van der Waals surface area contributed by atoms with E-state index in [-0.39, 0.29) is 24.0 Å². The van der Waals surface area contributed by atoms with Crippen LogP contribution in [0.5, 0.6) is 11.5 Å². The largest absolute Gasteiger partial charge is 0.454 e. The summed E-state index contributed by atoms with van der Waals surface area (Å²) in [6, 6.07) is 3.46. The van der Waals surface area contributed by atoms with Gasteiger partial charge in [-0.15, -0.1) is 0 Å². The number of amides is 1. The minimum Gasteiger partial charge on any atom is -0.454 e. The fourth-order valence-electron chi connectivity index (χ4n) is 3.68. The van der Waals surface area contributed by atoms with Crippen molar-refractivity contribution in [3.63, 3.8) is 0 Å². The van der Waals surface area contributed by atoms with Gasteiger partial charge in [-0.3, -0.25) is 14.2 Å². The molecule has 1 amide bonds. The third-order valence-corrected chi connectivity index (χ3v) is 6.57. The van der Waals surface area contributed by atoms with Gasteiger partial charge in [0, 0.05) is 25.7 Å². The molecule has 0 radical (unpaired) electrons. The first-order chi connectivity index (χ1) is 15.0. The van der Waals surface area contributed by atoms with Crippen LogP contribution >= 0.6 is 11.8 Å². The Kier molecular flexibility index (Phi) is 8.20. The molecule has 0 atom stereocenters. The summed E-state index contributed by atoms with van der Waals surface area (Å²) in [4.78, 5) is 34.7. The monoisotopic (exact) mass is 448 g/mol. The first kappa shape index (κ1) is 23.4. The lowest BCUT2D eigenvalue weighted by molar-refractivity contribution is -0.127. The molecule has 0 unspecified atom stereocenters. The first-order valence-electron chi connectivity index (χ1n) is 11.0. The van der Waals surface area contributed by atoms with Crippen molar-refractivity contribution in [3.05, 3.63) is 22.5 Å². The Bertz CT molecular complexity index is 970. The van der Waals surface area contributed by atoms with Crippen molar-refractivity contribution in [3.8, 4) is 11.5 Å². The highest BCUT2D eigenvalue weighted by Gasteiger charge is 2.20. The van der Waals surface area contributed by atoms with Gasteiger partial charge in [-0.1, -0.05) is 25.6 Å². The average molecular weight is 449 g/mol. The van der Waals surface area contributed by atoms with Crippen molar-refractivity contribution in [1.82, 2.24) is 19.4 Å². The van der Waals surface area contributed by atoms with E-state index in [4.69, 9.17) is 14.5 Å². The summed E-state index contributed by atoms with van der Waals surface area (Å²) in [5.41, 5.74) is 0.452. The van der Waals surface area contributed by atoms with Crippen LogP contribution in [0, 0.1) is 0 Å². The predicted molar refractivity (Wildman–Crippen MR) is 123 cm³/mol. The molecule has 170 valence electrons. The zero-order valence-corrected chi connectivity index (χ0v) is 19.7. The van der Waals surface area contributed by atoms with E-state index < -0.39 is 0 Å². The standard InChI is InChI=1S/C22H32N4O4S/c1-5-24(6-2)10-9-11-26-21(28)16-12-18-19(30-15-29-18)13-17(16)23-22(26)31-14-20(27)25(7-3)8-4/h12-13H,5-11,14-15H2,1-4H3. The van der Waals surface area contributed by atoms with Gasteiger partial charge in [-0.25, -0.2) is 4.98 Å². The van der Waals surface area contributed by atoms with E-state index in [0.717, 1.165) is 26.1 Å². The molecule has 0 N–H and O–H groups in total. The normalized spacial score (nSPS) is 12.7. The number of ether oxygens (including phenoxy) is 2. The Morgan fingerprint density at radius 3 is 2.42 bits per heavy atom. The van der Waals surface area contributed by atoms with Crippen molar-refractivity contribution in [2.45, 2.75) is 45.8 Å². The maximum absolute atomic E-state index is 13.4. The minimum absolute atomic E-state index is 0.0460. The van der Waals surface area contributed by atoms with Gasteiger partial charge >= 0.3 is 0 Å². The number of carbonyl (C=O) groups is 1. The van der Waals surface area contributed by atoms with Crippen molar-refractivity contribution < 1.29 is 14.3 Å². The summed E-state index contributed by atoms with van der Waals surface area (Å²) >= 11 is 1.32. The summed E-state index contributed by atoms with van der Waals surface area (Å²) in [5.74, 6) is 1.46. The van der Waals surface area contributed by atoms with Crippen molar-refractivity contribution in [1.29, 1.82) is 0 Å². The SMILES string of the molecule is CCN(CC)CCCn1c(SCC(=O)N(CC)CC)nc2cc3c(cc2c1=O)OCO3. The molecule has 0 bridgehead atoms. The summed E-state index contributed by atoms with van der Waals surface area (Å²) < 4.78 is 12.6. The number of fused-ring (bicyclic) bond motifs is 2. The quantitative estimate of drug-likeness (QED) is 0.386. The van der Waals surface area contributed by atoms with Crippen LogP contribution in [0.1, 0.15) is 34.1 Å². The smallest absolute Gasteiger partial charge is 0.262 e. The number of nitrogens with zero attached hydrogens (tertiary/aromatic N) is 4. The summed E-state index contributed by atoms with van der Waals surface area (Å²) in [6.07, 6.45) is 0.830. The maximum atomic E-state index is 13.4. The molecule has 0 saturated heterocycles. The topological polar surface area (TPSA) is 76.9 Å². The number of aromatic nitrogens is 2. The fourth-order valence-corrected chi connectivity index (χ4v) is 4.61. The molecule has 1 aromatic carbocycles. The van der Waals surface area contributed by atoms with Gasteiger partial charge < -0.3 is 19.3 Å². The van der Waals surface area contributed by atoms with Gasteiger partial charge in [0.05, 0.1) is 16.7 Å². The Morgan fingerprint density at radius 2 is 1.77 bits per heavy atom. The third kappa shape index (κ3) is 5.33. The van der Waals surface area contributed by atoms with E-state index in [1.165, 1.54) is 11.8 Å². The number of benzene rings is 1. The fraction of sp³-hybridized carbons (Fsp3) is 0.591. The summed E-state index contributed by atoms with van der Waals surface area (Å²) in [7, 11) is 0. The van der Waals surface area contributed by atoms with Crippen LogP contribution in [0.15, 0.2) is 22.1 Å². The second-order valence-corrected chi connectivity index (χ2v) is 8.25. The number of hydrogen-bond donors (Lipinski definition) is 0. The van der Waals surface area contributed by atoms with Crippen LogP contribution in [-0.2, 0) is 11.3 Å². The highest BCUT2D eigenvalue weighted by atomic mass is 32.2. The molecular weight excluding hydrogens is 416 g/mol. The van der Waals surface area contributed by atoms with Crippen LogP contribution in [0.3, 0.4) is 0 Å². The summed E-state index contributed by atoms with van der Waals surface area (Å²) in [6.45, 7) is 13.1. The Balaban J connectivity index is 1.91. The van der Waals surface area contributed by atoms with E-state index in [2.05, 4.69) is 18.7 Å². The molecular formula is C22H32N4O4S. The Morgan fingerprint density at radius 1 is 1.10 bits per heavy atom. The van der Waals surface area contributed by atoms with Crippen LogP contribution in [0.25, 0.3) is 10.9 Å². The summed E-state index contributed by atoms with van der Waals surface area (Å²) in [5, 5.41) is 1.07. The van der Waals surface area contributed by atoms with Crippen molar-refractivity contribution in [2.24, 2.45) is 0 Å². The number of rotatable bonds is 11. The van der Waals surface area contributed by atoms with Crippen molar-refractivity contribution >= 4 is 28.6 Å². The molecule has 1 aliphatic heterocycles. The molecule has 0 spiro atoms. The molecule has 0 fully saturated rings. The van der Waals surface area contributed by atoms with Gasteiger partial charge in [0.1, 0.15) is 0 Å². The molecule has 0 aliphatic carbocycles. The van der Waals surface area contributed by atoms with E-state index in [9.17, 15) is 9.59 Å². The molecule has 0 saturated carbocycles. The molecule has 1 aromatic heterocycles. The number of thioether (sulfide) groups is 1. The lowest BCUT2D eigenvalue weighted by Gasteiger charge is -2.20. The molecule has 1 aliphatic rings. The molecule has 2 aromatic rings. The highest BCUT2D eigenvalue weighted by molar-refractivity contribution is 7.99. The average Bonchev–Trinajstić information content (AvgIpc) is 3.24. The maximum Gasteiger partial charge on any atom is 0.262 e. The zero-order valence-electron chi connectivity index (χ0n) is 18.8. The lowest BCUT2D eigenvalue weighted by Crippen LogP contribution is -2.32. The highest BCUT2D eigenvalue weighted by Crippen LogP contribution is 2.35. The molecule has 3 rings (SSSR count).